The van der Waals surface area contributed by atoms with Crippen LogP contribution in [-0.2, 0) is 9.16 Å². The van der Waals surface area contributed by atoms with Crippen LogP contribution in [0, 0.1) is 11.8 Å². The summed E-state index contributed by atoms with van der Waals surface area (Å²) in [6, 6.07) is 0. The average molecular weight is 425 g/mol. The van der Waals surface area contributed by atoms with E-state index in [-0.39, 0.29) is 29.5 Å². The maximum Gasteiger partial charge on any atom is 0.192 e. The van der Waals surface area contributed by atoms with Gasteiger partial charge in [-0.1, -0.05) is 59.8 Å². The van der Waals surface area contributed by atoms with Gasteiger partial charge < -0.3 is 14.3 Å². The van der Waals surface area contributed by atoms with E-state index >= 15 is 0 Å². The van der Waals surface area contributed by atoms with Gasteiger partial charge in [-0.15, -0.1) is 6.58 Å². The second-order valence-electron chi connectivity index (χ2n) is 11.0. The highest BCUT2D eigenvalue weighted by Crippen LogP contribution is 2.39. The molecule has 0 radical (unpaired) electrons. The molecule has 0 amide bonds. The molecule has 1 N–H and O–H groups in total. The maximum absolute atomic E-state index is 10.2. The smallest absolute Gasteiger partial charge is 0.192 e. The number of rotatable bonds is 11. The molecule has 29 heavy (non-hydrogen) atoms. The fourth-order valence-electron chi connectivity index (χ4n) is 3.58. The summed E-state index contributed by atoms with van der Waals surface area (Å²) in [5.74, 6) is 1.14. The minimum absolute atomic E-state index is 0.104. The summed E-state index contributed by atoms with van der Waals surface area (Å²) in [5, 5.41) is 10.4. The van der Waals surface area contributed by atoms with E-state index in [0.29, 0.717) is 24.7 Å². The van der Waals surface area contributed by atoms with Gasteiger partial charge in [-0.2, -0.15) is 0 Å². The quantitative estimate of drug-likeness (QED) is 0.290. The van der Waals surface area contributed by atoms with Gasteiger partial charge in [-0.05, 0) is 55.7 Å². The zero-order chi connectivity index (χ0) is 22.2. The van der Waals surface area contributed by atoms with Crippen LogP contribution < -0.4 is 0 Å². The fraction of sp³-hybridized carbons (Fsp3) is 0.840. The Balaban J connectivity index is 2.82. The number of hydrogen-bond donors (Lipinski definition) is 1. The van der Waals surface area contributed by atoms with Crippen molar-refractivity contribution >= 4 is 8.32 Å². The lowest BCUT2D eigenvalue weighted by Gasteiger charge is -2.41. The molecule has 0 bridgehead atoms. The van der Waals surface area contributed by atoms with Crippen LogP contribution >= 0.6 is 0 Å². The van der Waals surface area contributed by atoms with Gasteiger partial charge in [0.2, 0.25) is 0 Å². The van der Waals surface area contributed by atoms with Gasteiger partial charge in [0.15, 0.2) is 8.32 Å². The van der Waals surface area contributed by atoms with E-state index in [0.717, 1.165) is 25.7 Å². The monoisotopic (exact) mass is 424 g/mol. The Morgan fingerprint density at radius 2 is 1.83 bits per heavy atom. The zero-order valence-electron chi connectivity index (χ0n) is 20.4. The standard InChI is InChI=1S/C25H48O3Si/c1-10-12-21(26)17-24-20(4)15-16-22(27-24)18-23(14-11-13-19(2)3)28-29(8,9)25(5,6)7/h10-11,14,19-24,26H,1,12-13,15-18H2,2-9H3/b14-11+/t20-,21-,22-,23-,24+/m0/s1. The summed E-state index contributed by atoms with van der Waals surface area (Å²) in [4.78, 5) is 0. The number of aliphatic hydroxyl groups excluding tert-OH is 1. The largest absolute Gasteiger partial charge is 0.410 e. The van der Waals surface area contributed by atoms with Crippen molar-refractivity contribution in [3.63, 3.8) is 0 Å². The minimum atomic E-state index is -1.85. The first-order chi connectivity index (χ1) is 13.4. The highest BCUT2D eigenvalue weighted by molar-refractivity contribution is 6.74. The van der Waals surface area contributed by atoms with Crippen molar-refractivity contribution in [3.8, 4) is 0 Å². The van der Waals surface area contributed by atoms with E-state index in [1.165, 1.54) is 0 Å². The van der Waals surface area contributed by atoms with Crippen molar-refractivity contribution in [1.29, 1.82) is 0 Å². The first kappa shape index (κ1) is 26.6. The molecule has 1 rings (SSSR count). The molecule has 1 heterocycles. The van der Waals surface area contributed by atoms with Gasteiger partial charge in [0.25, 0.3) is 0 Å². The number of allylic oxidation sites excluding steroid dienone is 1. The molecule has 0 saturated carbocycles. The molecular formula is C25H48O3Si. The van der Waals surface area contributed by atoms with E-state index < -0.39 is 8.32 Å². The summed E-state index contributed by atoms with van der Waals surface area (Å²) in [6.45, 7) is 22.0. The van der Waals surface area contributed by atoms with Crippen molar-refractivity contribution in [1.82, 2.24) is 0 Å². The third-order valence-corrected chi connectivity index (χ3v) is 11.1. The van der Waals surface area contributed by atoms with E-state index in [2.05, 4.69) is 73.4 Å². The van der Waals surface area contributed by atoms with Crippen molar-refractivity contribution in [2.75, 3.05) is 0 Å². The second-order valence-corrected chi connectivity index (χ2v) is 15.7. The van der Waals surface area contributed by atoms with Gasteiger partial charge in [-0.3, -0.25) is 0 Å². The Hall–Kier alpha value is -0.423. The van der Waals surface area contributed by atoms with Crippen LogP contribution in [-0.4, -0.2) is 37.8 Å². The molecule has 1 fully saturated rings. The molecule has 0 aromatic heterocycles. The van der Waals surface area contributed by atoms with Crippen LogP contribution in [0.1, 0.15) is 80.1 Å². The zero-order valence-corrected chi connectivity index (χ0v) is 21.4. The summed E-state index contributed by atoms with van der Waals surface area (Å²) >= 11 is 0. The molecule has 4 heteroatoms. The molecule has 0 aromatic carbocycles. The van der Waals surface area contributed by atoms with Crippen molar-refractivity contribution < 1.29 is 14.3 Å². The van der Waals surface area contributed by atoms with Gasteiger partial charge in [-0.25, -0.2) is 0 Å². The fourth-order valence-corrected chi connectivity index (χ4v) is 4.87. The number of ether oxygens (including phenoxy) is 1. The topological polar surface area (TPSA) is 38.7 Å². The lowest BCUT2D eigenvalue weighted by atomic mass is 9.88. The van der Waals surface area contributed by atoms with E-state index in [1.807, 2.05) is 0 Å². The summed E-state index contributed by atoms with van der Waals surface area (Å²) in [6.07, 6.45) is 12.0. The molecule has 0 aromatic rings. The minimum Gasteiger partial charge on any atom is -0.410 e. The highest BCUT2D eigenvalue weighted by Gasteiger charge is 2.40. The second kappa shape index (κ2) is 11.8. The first-order valence-corrected chi connectivity index (χ1v) is 14.6. The van der Waals surface area contributed by atoms with Crippen LogP contribution in [0.3, 0.4) is 0 Å². The van der Waals surface area contributed by atoms with Crippen LogP contribution in [0.2, 0.25) is 18.1 Å². The summed E-state index contributed by atoms with van der Waals surface area (Å²) < 4.78 is 13.3. The Morgan fingerprint density at radius 1 is 1.17 bits per heavy atom. The van der Waals surface area contributed by atoms with E-state index in [4.69, 9.17) is 9.16 Å². The highest BCUT2D eigenvalue weighted by atomic mass is 28.4. The molecular weight excluding hydrogens is 376 g/mol. The van der Waals surface area contributed by atoms with Gasteiger partial charge in [0.1, 0.15) is 0 Å². The Kier molecular flexibility index (Phi) is 10.9. The lowest BCUT2D eigenvalue weighted by molar-refractivity contribution is -0.104. The van der Waals surface area contributed by atoms with E-state index in [1.54, 1.807) is 6.08 Å². The molecule has 0 spiro atoms. The molecule has 1 aliphatic rings. The molecule has 3 nitrogen and oxygen atoms in total. The predicted molar refractivity (Wildman–Crippen MR) is 128 cm³/mol. The number of aliphatic hydroxyl groups is 1. The summed E-state index contributed by atoms with van der Waals surface area (Å²) in [7, 11) is -1.85. The molecule has 1 aliphatic heterocycles. The Bertz CT molecular complexity index is 507. The number of hydrogen-bond acceptors (Lipinski definition) is 3. The van der Waals surface area contributed by atoms with Gasteiger partial charge >= 0.3 is 0 Å². The maximum atomic E-state index is 10.2. The molecule has 0 unspecified atom stereocenters. The summed E-state index contributed by atoms with van der Waals surface area (Å²) in [5.41, 5.74) is 0. The van der Waals surface area contributed by atoms with Crippen LogP contribution in [0.4, 0.5) is 0 Å². The lowest BCUT2D eigenvalue weighted by Crippen LogP contribution is -2.45. The molecule has 5 atom stereocenters. The van der Waals surface area contributed by atoms with Crippen LogP contribution in [0.15, 0.2) is 24.8 Å². The van der Waals surface area contributed by atoms with Crippen molar-refractivity contribution in [3.05, 3.63) is 24.8 Å². The van der Waals surface area contributed by atoms with Crippen LogP contribution in [0.5, 0.6) is 0 Å². The van der Waals surface area contributed by atoms with Crippen LogP contribution in [0.25, 0.3) is 0 Å². The van der Waals surface area contributed by atoms with Gasteiger partial charge in [0.05, 0.1) is 24.4 Å². The van der Waals surface area contributed by atoms with E-state index in [9.17, 15) is 5.11 Å². The average Bonchev–Trinajstić information content (AvgIpc) is 2.56. The molecule has 0 aliphatic carbocycles. The third-order valence-electron chi connectivity index (χ3n) is 6.59. The SMILES string of the molecule is C=CC[C@H](O)C[C@H]1O[C@H](C[C@H](/C=C/CC(C)C)O[Si](C)(C)C(C)(C)C)CC[C@@H]1C. The normalized spacial score (nSPS) is 26.1. The predicted octanol–water partition coefficient (Wildman–Crippen LogP) is 6.88. The molecule has 170 valence electrons. The molecule has 1 saturated heterocycles. The van der Waals surface area contributed by atoms with Crippen molar-refractivity contribution in [2.24, 2.45) is 11.8 Å². The first-order valence-electron chi connectivity index (χ1n) is 11.6. The Labute approximate surface area is 182 Å². The Morgan fingerprint density at radius 3 is 2.38 bits per heavy atom. The third kappa shape index (κ3) is 9.50. The van der Waals surface area contributed by atoms with Crippen molar-refractivity contribution in [2.45, 2.75) is 123 Å². The van der Waals surface area contributed by atoms with Gasteiger partial charge in [0, 0.05) is 12.8 Å².